The first kappa shape index (κ1) is 14.9. The van der Waals surface area contributed by atoms with Crippen LogP contribution in [0.3, 0.4) is 0 Å². The fourth-order valence-corrected chi connectivity index (χ4v) is 3.53. The molecule has 19 heavy (non-hydrogen) atoms. The molecular weight excluding hydrogens is 260 g/mol. The Balaban J connectivity index is 2.17. The number of nitrogens with one attached hydrogen (secondary N) is 1. The Morgan fingerprint density at radius 2 is 2.11 bits per heavy atom. The zero-order valence-corrected chi connectivity index (χ0v) is 13.1. The van der Waals surface area contributed by atoms with E-state index in [9.17, 15) is 0 Å². The Morgan fingerprint density at radius 1 is 1.42 bits per heavy atom. The summed E-state index contributed by atoms with van der Waals surface area (Å²) in [7, 11) is 1.79. The maximum Gasteiger partial charge on any atom is 0.125 e. The fourth-order valence-electron chi connectivity index (χ4n) is 2.29. The second kappa shape index (κ2) is 6.31. The lowest BCUT2D eigenvalue weighted by Crippen LogP contribution is -2.35. The van der Waals surface area contributed by atoms with E-state index in [4.69, 9.17) is 14.5 Å². The molecule has 1 aliphatic heterocycles. The highest BCUT2D eigenvalue weighted by molar-refractivity contribution is 7.11. The lowest BCUT2D eigenvalue weighted by atomic mass is 9.95. The Kier molecular flexibility index (Phi) is 4.95. The number of methoxy groups -OCH3 is 1. The summed E-state index contributed by atoms with van der Waals surface area (Å²) in [6.07, 6.45) is 1.79. The minimum absolute atomic E-state index is 0.232. The van der Waals surface area contributed by atoms with E-state index in [1.807, 2.05) is 0 Å². The summed E-state index contributed by atoms with van der Waals surface area (Å²) >= 11 is 1.78. The molecule has 0 atom stereocenters. The monoisotopic (exact) mass is 284 g/mol. The van der Waals surface area contributed by atoms with Gasteiger partial charge in [-0.3, -0.25) is 0 Å². The molecule has 0 saturated carbocycles. The Hall–Kier alpha value is -0.490. The van der Waals surface area contributed by atoms with Crippen LogP contribution in [0.4, 0.5) is 0 Å². The highest BCUT2D eigenvalue weighted by Crippen LogP contribution is 2.38. The maximum absolute atomic E-state index is 5.81. The van der Waals surface area contributed by atoms with Crippen molar-refractivity contribution >= 4 is 11.3 Å². The molecule has 0 amide bonds. The van der Waals surface area contributed by atoms with Crippen molar-refractivity contribution in [1.29, 1.82) is 0 Å². The molecule has 1 aromatic heterocycles. The predicted octanol–water partition coefficient (Wildman–Crippen LogP) is 2.60. The van der Waals surface area contributed by atoms with E-state index < -0.39 is 0 Å². The van der Waals surface area contributed by atoms with Crippen LogP contribution in [-0.2, 0) is 21.6 Å². The largest absolute Gasteiger partial charge is 0.381 e. The van der Waals surface area contributed by atoms with E-state index in [2.05, 4.69) is 26.1 Å². The van der Waals surface area contributed by atoms with Crippen LogP contribution in [0, 0.1) is 6.92 Å². The fraction of sp³-hybridized carbons (Fsp3) is 0.786. The molecule has 1 aromatic rings. The molecule has 0 unspecified atom stereocenters. The first-order chi connectivity index (χ1) is 9.07. The Bertz CT molecular complexity index is 412. The summed E-state index contributed by atoms with van der Waals surface area (Å²) in [6.45, 7) is 8.80. The van der Waals surface area contributed by atoms with E-state index in [1.54, 1.807) is 18.4 Å². The molecule has 2 rings (SSSR count). The van der Waals surface area contributed by atoms with Crippen LogP contribution in [0.1, 0.15) is 42.3 Å². The van der Waals surface area contributed by atoms with E-state index in [-0.39, 0.29) is 5.60 Å². The van der Waals surface area contributed by atoms with Gasteiger partial charge in [-0.2, -0.15) is 0 Å². The zero-order chi connectivity index (χ0) is 13.9. The molecule has 0 aromatic carbocycles. The maximum atomic E-state index is 5.81. The molecule has 0 radical (unpaired) electrons. The Morgan fingerprint density at radius 3 is 2.68 bits per heavy atom. The summed E-state index contributed by atoms with van der Waals surface area (Å²) < 4.78 is 11.3. The number of ether oxygens (including phenoxy) is 2. The summed E-state index contributed by atoms with van der Waals surface area (Å²) in [6, 6.07) is 0.490. The van der Waals surface area contributed by atoms with Gasteiger partial charge in [0, 0.05) is 50.6 Å². The van der Waals surface area contributed by atoms with Crippen LogP contribution in [0.25, 0.3) is 0 Å². The lowest BCUT2D eigenvalue weighted by molar-refractivity contribution is -0.0948. The predicted molar refractivity (Wildman–Crippen MR) is 77.6 cm³/mol. The molecule has 0 spiro atoms. The molecule has 1 fully saturated rings. The number of hydrogen-bond acceptors (Lipinski definition) is 5. The van der Waals surface area contributed by atoms with Gasteiger partial charge in [-0.1, -0.05) is 13.8 Å². The van der Waals surface area contributed by atoms with Crippen LogP contribution in [0.2, 0.25) is 0 Å². The van der Waals surface area contributed by atoms with Crippen molar-refractivity contribution in [3.05, 3.63) is 15.6 Å². The molecule has 1 saturated heterocycles. The molecule has 0 aliphatic carbocycles. The first-order valence-electron chi connectivity index (χ1n) is 6.90. The number of hydrogen-bond donors (Lipinski definition) is 1. The van der Waals surface area contributed by atoms with Gasteiger partial charge in [0.05, 0.1) is 5.69 Å². The van der Waals surface area contributed by atoms with Crippen molar-refractivity contribution in [2.75, 3.05) is 20.3 Å². The van der Waals surface area contributed by atoms with E-state index in [0.29, 0.717) is 6.04 Å². The molecule has 108 valence electrons. The van der Waals surface area contributed by atoms with E-state index >= 15 is 0 Å². The summed E-state index contributed by atoms with van der Waals surface area (Å²) in [4.78, 5) is 6.06. The summed E-state index contributed by atoms with van der Waals surface area (Å²) in [5, 5.41) is 4.56. The van der Waals surface area contributed by atoms with Crippen LogP contribution in [-0.4, -0.2) is 31.3 Å². The topological polar surface area (TPSA) is 43.4 Å². The van der Waals surface area contributed by atoms with Crippen molar-refractivity contribution in [3.8, 4) is 0 Å². The lowest BCUT2D eigenvalue weighted by Gasteiger charge is -2.33. The van der Waals surface area contributed by atoms with Crippen LogP contribution < -0.4 is 5.32 Å². The van der Waals surface area contributed by atoms with Crippen LogP contribution >= 0.6 is 11.3 Å². The minimum Gasteiger partial charge on any atom is -0.381 e. The second-order valence-corrected chi connectivity index (χ2v) is 6.46. The van der Waals surface area contributed by atoms with Crippen molar-refractivity contribution < 1.29 is 9.47 Å². The molecule has 2 heterocycles. The number of aromatic nitrogens is 1. The molecular formula is C14H24N2O2S. The quantitative estimate of drug-likeness (QED) is 0.902. The van der Waals surface area contributed by atoms with Crippen molar-refractivity contribution in [3.63, 3.8) is 0 Å². The van der Waals surface area contributed by atoms with Gasteiger partial charge in [0.1, 0.15) is 10.6 Å². The molecule has 4 nitrogen and oxygen atoms in total. The number of nitrogens with zero attached hydrogens (tertiary/aromatic N) is 1. The zero-order valence-electron chi connectivity index (χ0n) is 12.3. The number of rotatable bonds is 5. The molecule has 5 heteroatoms. The normalized spacial score (nSPS) is 19.0. The smallest absolute Gasteiger partial charge is 0.125 e. The van der Waals surface area contributed by atoms with Gasteiger partial charge in [-0.05, 0) is 6.92 Å². The standard InChI is InChI=1S/C14H24N2O2S/c1-10(2)15-9-12-11(3)16-13(19-12)14(17-4)5-7-18-8-6-14/h10,15H,5-9H2,1-4H3. The molecule has 0 bridgehead atoms. The summed E-state index contributed by atoms with van der Waals surface area (Å²) in [5.41, 5.74) is 0.889. The van der Waals surface area contributed by atoms with Crippen molar-refractivity contribution in [2.45, 2.75) is 51.8 Å². The van der Waals surface area contributed by atoms with Crippen LogP contribution in [0.5, 0.6) is 0 Å². The van der Waals surface area contributed by atoms with Crippen molar-refractivity contribution in [1.82, 2.24) is 10.3 Å². The van der Waals surface area contributed by atoms with Crippen LogP contribution in [0.15, 0.2) is 0 Å². The highest BCUT2D eigenvalue weighted by atomic mass is 32.1. The van der Waals surface area contributed by atoms with Gasteiger partial charge in [0.25, 0.3) is 0 Å². The highest BCUT2D eigenvalue weighted by Gasteiger charge is 2.37. The van der Waals surface area contributed by atoms with Gasteiger partial charge in [-0.25, -0.2) is 4.98 Å². The van der Waals surface area contributed by atoms with Gasteiger partial charge in [-0.15, -0.1) is 11.3 Å². The van der Waals surface area contributed by atoms with Gasteiger partial charge >= 0.3 is 0 Å². The average molecular weight is 284 g/mol. The number of aryl methyl sites for hydroxylation is 1. The Labute approximate surface area is 119 Å². The third-order valence-electron chi connectivity index (χ3n) is 3.64. The SMILES string of the molecule is COC1(c2nc(C)c(CNC(C)C)s2)CCOCC1. The van der Waals surface area contributed by atoms with E-state index in [1.165, 1.54) is 4.88 Å². The first-order valence-corrected chi connectivity index (χ1v) is 7.72. The third-order valence-corrected chi connectivity index (χ3v) is 4.99. The van der Waals surface area contributed by atoms with Gasteiger partial charge in [0.2, 0.25) is 0 Å². The van der Waals surface area contributed by atoms with E-state index in [0.717, 1.165) is 43.3 Å². The average Bonchev–Trinajstić information content (AvgIpc) is 2.79. The van der Waals surface area contributed by atoms with Crippen molar-refractivity contribution in [2.24, 2.45) is 0 Å². The second-order valence-electron chi connectivity index (χ2n) is 5.37. The molecule has 1 N–H and O–H groups in total. The molecule has 1 aliphatic rings. The van der Waals surface area contributed by atoms with Gasteiger partial charge < -0.3 is 14.8 Å². The third kappa shape index (κ3) is 3.34. The number of thiazole rings is 1. The summed E-state index contributed by atoms with van der Waals surface area (Å²) in [5.74, 6) is 0. The minimum atomic E-state index is -0.232. The van der Waals surface area contributed by atoms with Gasteiger partial charge in [0.15, 0.2) is 0 Å².